The third kappa shape index (κ3) is 1.35. The van der Waals surface area contributed by atoms with Gasteiger partial charge in [0.15, 0.2) is 0 Å². The molecule has 4 nitrogen and oxygen atoms in total. The van der Waals surface area contributed by atoms with Crippen LogP contribution < -0.4 is 5.55 Å². The predicted molar refractivity (Wildman–Crippen MR) is 67.5 cm³/mol. The Morgan fingerprint density at radius 3 is 2.44 bits per heavy atom. The molecule has 92 valence electrons. The Morgan fingerprint density at radius 2 is 1.72 bits per heavy atom. The van der Waals surface area contributed by atoms with E-state index in [4.69, 9.17) is 14.0 Å². The van der Waals surface area contributed by atoms with Crippen molar-refractivity contribution < 1.29 is 14.0 Å². The van der Waals surface area contributed by atoms with Crippen LogP contribution >= 0.6 is 0 Å². The maximum Gasteiger partial charge on any atom is 0.255 e. The smallest absolute Gasteiger partial charge is 0.255 e. The minimum Gasteiger partial charge on any atom is -0.463 e. The lowest BCUT2D eigenvalue weighted by Crippen LogP contribution is -2.01. The fourth-order valence-corrected chi connectivity index (χ4v) is 2.47. The maximum absolute atomic E-state index is 8.82. The van der Waals surface area contributed by atoms with Gasteiger partial charge in [0.05, 0.1) is 11.6 Å². The lowest BCUT2D eigenvalue weighted by Gasteiger charge is -2.04. The van der Waals surface area contributed by atoms with E-state index in [1.807, 2.05) is 26.8 Å². The average molecular weight is 243 g/mol. The van der Waals surface area contributed by atoms with E-state index >= 15 is 0 Å². The standard InChI is InChI=1S/C14H13NO3/c1-7-4-10-13(8(2)5-11(15-16)18-10)14-12(7)9(3)6-17-14/h4-6,16H,1-3H3/b15-11-. The fourth-order valence-electron chi connectivity index (χ4n) is 2.47. The van der Waals surface area contributed by atoms with Crippen LogP contribution in [0.4, 0.5) is 0 Å². The van der Waals surface area contributed by atoms with Crippen molar-refractivity contribution in [2.75, 3.05) is 0 Å². The molecule has 2 aromatic heterocycles. The van der Waals surface area contributed by atoms with Gasteiger partial charge in [-0.05, 0) is 48.7 Å². The molecule has 0 saturated heterocycles. The summed E-state index contributed by atoms with van der Waals surface area (Å²) < 4.78 is 11.2. The molecule has 0 aliphatic carbocycles. The van der Waals surface area contributed by atoms with E-state index in [0.717, 1.165) is 33.0 Å². The molecular weight excluding hydrogens is 230 g/mol. The molecule has 0 aliphatic heterocycles. The van der Waals surface area contributed by atoms with Crippen LogP contribution in [0.2, 0.25) is 0 Å². The summed E-state index contributed by atoms with van der Waals surface area (Å²) in [5.41, 5.74) is 4.85. The van der Waals surface area contributed by atoms with Crippen molar-refractivity contribution in [3.63, 3.8) is 0 Å². The number of hydrogen-bond donors (Lipinski definition) is 1. The van der Waals surface area contributed by atoms with Crippen LogP contribution in [-0.2, 0) is 0 Å². The molecule has 3 aromatic rings. The summed E-state index contributed by atoms with van der Waals surface area (Å²) in [5.74, 6) is 0. The van der Waals surface area contributed by atoms with Crippen LogP contribution in [0.25, 0.3) is 21.9 Å². The van der Waals surface area contributed by atoms with E-state index in [1.165, 1.54) is 0 Å². The van der Waals surface area contributed by atoms with Gasteiger partial charge in [0.2, 0.25) is 0 Å². The van der Waals surface area contributed by atoms with E-state index in [0.29, 0.717) is 5.58 Å². The van der Waals surface area contributed by atoms with Crippen molar-refractivity contribution in [3.05, 3.63) is 40.6 Å². The van der Waals surface area contributed by atoms with Crippen molar-refractivity contribution in [2.24, 2.45) is 5.16 Å². The van der Waals surface area contributed by atoms with E-state index < -0.39 is 0 Å². The van der Waals surface area contributed by atoms with Gasteiger partial charge < -0.3 is 14.0 Å². The first-order valence-electron chi connectivity index (χ1n) is 5.72. The highest BCUT2D eigenvalue weighted by Gasteiger charge is 2.13. The third-order valence-electron chi connectivity index (χ3n) is 3.24. The van der Waals surface area contributed by atoms with E-state index in [1.54, 1.807) is 12.3 Å². The summed E-state index contributed by atoms with van der Waals surface area (Å²) in [4.78, 5) is 0. The van der Waals surface area contributed by atoms with E-state index in [-0.39, 0.29) is 5.55 Å². The van der Waals surface area contributed by atoms with Crippen LogP contribution in [0, 0.1) is 20.8 Å². The zero-order valence-electron chi connectivity index (χ0n) is 10.4. The molecule has 3 rings (SSSR count). The Hall–Kier alpha value is -2.23. The zero-order valence-corrected chi connectivity index (χ0v) is 10.4. The number of rotatable bonds is 0. The number of nitrogens with zero attached hydrogens (tertiary/aromatic N) is 1. The number of hydrogen-bond acceptors (Lipinski definition) is 4. The highest BCUT2D eigenvalue weighted by Crippen LogP contribution is 2.32. The quantitative estimate of drug-likeness (QED) is 0.486. The third-order valence-corrected chi connectivity index (χ3v) is 3.24. The molecule has 2 heterocycles. The molecule has 0 aliphatic rings. The lowest BCUT2D eigenvalue weighted by molar-refractivity contribution is 0.277. The zero-order chi connectivity index (χ0) is 12.9. The lowest BCUT2D eigenvalue weighted by atomic mass is 10.0. The molecule has 0 unspecified atom stereocenters. The molecule has 0 amide bonds. The van der Waals surface area contributed by atoms with Gasteiger partial charge in [0, 0.05) is 11.5 Å². The average Bonchev–Trinajstić information content (AvgIpc) is 2.71. The summed E-state index contributed by atoms with van der Waals surface area (Å²) in [6.07, 6.45) is 1.75. The fraction of sp³-hybridized carbons (Fsp3) is 0.214. The molecule has 0 bridgehead atoms. The first-order chi connectivity index (χ1) is 8.61. The maximum atomic E-state index is 8.82. The molecule has 0 atom stereocenters. The van der Waals surface area contributed by atoms with Gasteiger partial charge in [-0.25, -0.2) is 0 Å². The van der Waals surface area contributed by atoms with Crippen molar-refractivity contribution in [2.45, 2.75) is 20.8 Å². The van der Waals surface area contributed by atoms with E-state index in [9.17, 15) is 0 Å². The van der Waals surface area contributed by atoms with Crippen LogP contribution in [0.15, 0.2) is 32.4 Å². The Labute approximate surface area is 103 Å². The van der Waals surface area contributed by atoms with Crippen LogP contribution in [0.1, 0.15) is 16.7 Å². The molecule has 18 heavy (non-hydrogen) atoms. The second kappa shape index (κ2) is 3.63. The van der Waals surface area contributed by atoms with Gasteiger partial charge in [-0.1, -0.05) is 0 Å². The number of benzene rings is 1. The summed E-state index contributed by atoms with van der Waals surface area (Å²) in [6, 6.07) is 3.64. The van der Waals surface area contributed by atoms with Gasteiger partial charge in [0.1, 0.15) is 11.2 Å². The van der Waals surface area contributed by atoms with Crippen molar-refractivity contribution in [1.82, 2.24) is 0 Å². The predicted octanol–water partition coefficient (Wildman–Crippen LogP) is 3.39. The summed E-state index contributed by atoms with van der Waals surface area (Å²) in [6.45, 7) is 5.98. The Bertz CT molecular complexity index is 824. The number of furan rings is 1. The second-order valence-electron chi connectivity index (χ2n) is 4.56. The molecule has 1 N–H and O–H groups in total. The highest BCUT2D eigenvalue weighted by atomic mass is 16.5. The van der Waals surface area contributed by atoms with Gasteiger partial charge in [-0.2, -0.15) is 0 Å². The molecule has 1 aromatic carbocycles. The van der Waals surface area contributed by atoms with Crippen molar-refractivity contribution in [3.8, 4) is 0 Å². The summed E-state index contributed by atoms with van der Waals surface area (Å²) >= 11 is 0. The Kier molecular flexibility index (Phi) is 2.20. The SMILES string of the molecule is Cc1coc2c1c(C)cc1o/c(=N\O)cc(C)c12. The van der Waals surface area contributed by atoms with Gasteiger partial charge in [0.25, 0.3) is 5.55 Å². The van der Waals surface area contributed by atoms with Crippen molar-refractivity contribution in [1.29, 1.82) is 0 Å². The van der Waals surface area contributed by atoms with Crippen LogP contribution in [-0.4, -0.2) is 5.21 Å². The molecule has 0 fully saturated rings. The minimum atomic E-state index is 0.196. The summed E-state index contributed by atoms with van der Waals surface area (Å²) in [7, 11) is 0. The Morgan fingerprint density at radius 1 is 1.00 bits per heavy atom. The van der Waals surface area contributed by atoms with Crippen LogP contribution in [0.5, 0.6) is 0 Å². The molecule has 0 saturated carbocycles. The first kappa shape index (κ1) is 10.9. The first-order valence-corrected chi connectivity index (χ1v) is 5.72. The van der Waals surface area contributed by atoms with Gasteiger partial charge in [-0.15, -0.1) is 0 Å². The topological polar surface area (TPSA) is 58.9 Å². The minimum absolute atomic E-state index is 0.196. The van der Waals surface area contributed by atoms with Gasteiger partial charge in [-0.3, -0.25) is 0 Å². The molecule has 0 radical (unpaired) electrons. The Balaban J connectivity index is 2.63. The molecule has 0 spiro atoms. The number of fused-ring (bicyclic) bond motifs is 3. The summed E-state index contributed by atoms with van der Waals surface area (Å²) in [5, 5.41) is 14.0. The normalized spacial score (nSPS) is 12.7. The molecular formula is C14H13NO3. The van der Waals surface area contributed by atoms with Crippen LogP contribution in [0.3, 0.4) is 0 Å². The largest absolute Gasteiger partial charge is 0.463 e. The van der Waals surface area contributed by atoms with E-state index in [2.05, 4.69) is 5.16 Å². The highest BCUT2D eigenvalue weighted by molar-refractivity contribution is 6.06. The van der Waals surface area contributed by atoms with Gasteiger partial charge >= 0.3 is 0 Å². The molecule has 4 heteroatoms. The monoisotopic (exact) mass is 243 g/mol. The van der Waals surface area contributed by atoms with Crippen molar-refractivity contribution >= 4 is 21.9 Å². The second-order valence-corrected chi connectivity index (χ2v) is 4.56. The number of aryl methyl sites for hydroxylation is 3.